The van der Waals surface area contributed by atoms with Crippen molar-refractivity contribution in [3.8, 4) is 11.1 Å². The van der Waals surface area contributed by atoms with Crippen LogP contribution < -0.4 is 5.73 Å². The number of nitrogens with two attached hydrogens (primary N) is 1. The molecule has 0 atom stereocenters. The van der Waals surface area contributed by atoms with E-state index in [0.29, 0.717) is 0 Å². The lowest BCUT2D eigenvalue weighted by atomic mass is 10.1. The van der Waals surface area contributed by atoms with Crippen LogP contribution in [-0.4, -0.2) is 15.4 Å². The van der Waals surface area contributed by atoms with Gasteiger partial charge in [0.05, 0.1) is 12.4 Å². The van der Waals surface area contributed by atoms with E-state index >= 15 is 0 Å². The molecule has 0 fully saturated rings. The fourth-order valence-electron chi connectivity index (χ4n) is 1.06. The first-order chi connectivity index (χ1) is 6.36. The molecule has 2 aromatic rings. The highest BCUT2D eigenvalue weighted by Gasteiger charge is 1.96. The van der Waals surface area contributed by atoms with E-state index in [2.05, 4.69) is 15.4 Å². The minimum absolute atomic E-state index is 0.749. The van der Waals surface area contributed by atoms with Crippen LogP contribution in [-0.2, 0) is 0 Å². The van der Waals surface area contributed by atoms with Gasteiger partial charge in [-0.1, -0.05) is 12.1 Å². The molecule has 0 spiro atoms. The van der Waals surface area contributed by atoms with Gasteiger partial charge in [0.2, 0.25) is 0 Å². The Hall–Kier alpha value is -1.97. The zero-order chi connectivity index (χ0) is 9.10. The van der Waals surface area contributed by atoms with Crippen molar-refractivity contribution in [2.45, 2.75) is 0 Å². The monoisotopic (exact) mass is 172 g/mol. The molecule has 1 aromatic heterocycles. The minimum Gasteiger partial charge on any atom is -0.399 e. The summed E-state index contributed by atoms with van der Waals surface area (Å²) in [5, 5.41) is 10.8. The molecule has 1 aromatic carbocycles. The molecule has 0 unspecified atom stereocenters. The molecule has 4 heteroatoms. The summed E-state index contributed by atoms with van der Waals surface area (Å²) in [5.74, 6) is 0. The Labute approximate surface area is 75.4 Å². The second kappa shape index (κ2) is 3.18. The van der Waals surface area contributed by atoms with Crippen LogP contribution in [0.5, 0.6) is 0 Å². The number of hydrogen-bond donors (Lipinski definition) is 1. The van der Waals surface area contributed by atoms with Crippen molar-refractivity contribution in [1.29, 1.82) is 0 Å². The first kappa shape index (κ1) is 7.67. The first-order valence-corrected chi connectivity index (χ1v) is 3.85. The lowest BCUT2D eigenvalue weighted by molar-refractivity contribution is 0.867. The summed E-state index contributed by atoms with van der Waals surface area (Å²) in [7, 11) is 0. The normalized spacial score (nSPS) is 9.85. The van der Waals surface area contributed by atoms with Crippen LogP contribution >= 0.6 is 0 Å². The van der Waals surface area contributed by atoms with E-state index in [1.807, 2.05) is 24.3 Å². The number of rotatable bonds is 1. The van der Waals surface area contributed by atoms with E-state index in [4.69, 9.17) is 5.73 Å². The van der Waals surface area contributed by atoms with Crippen LogP contribution in [0.3, 0.4) is 0 Å². The molecule has 0 aliphatic carbocycles. The van der Waals surface area contributed by atoms with Gasteiger partial charge in [0, 0.05) is 11.3 Å². The van der Waals surface area contributed by atoms with Crippen molar-refractivity contribution in [3.05, 3.63) is 36.7 Å². The van der Waals surface area contributed by atoms with Crippen LogP contribution in [0.2, 0.25) is 0 Å². The topological polar surface area (TPSA) is 64.7 Å². The van der Waals surface area contributed by atoms with Crippen LogP contribution in [0.4, 0.5) is 5.69 Å². The van der Waals surface area contributed by atoms with E-state index in [1.165, 1.54) is 0 Å². The average Bonchev–Trinajstić information content (AvgIpc) is 2.20. The van der Waals surface area contributed by atoms with Crippen molar-refractivity contribution < 1.29 is 0 Å². The fourth-order valence-corrected chi connectivity index (χ4v) is 1.06. The van der Waals surface area contributed by atoms with Gasteiger partial charge < -0.3 is 5.73 Å². The fraction of sp³-hybridized carbons (Fsp3) is 0. The Kier molecular flexibility index (Phi) is 1.88. The molecule has 64 valence electrons. The molecule has 0 bridgehead atoms. The molecule has 0 saturated heterocycles. The van der Waals surface area contributed by atoms with E-state index in [9.17, 15) is 0 Å². The predicted octanol–water partition coefficient (Wildman–Crippen LogP) is 1.12. The van der Waals surface area contributed by atoms with Crippen LogP contribution in [0.25, 0.3) is 11.1 Å². The third-order valence-corrected chi connectivity index (χ3v) is 1.74. The van der Waals surface area contributed by atoms with E-state index < -0.39 is 0 Å². The van der Waals surface area contributed by atoms with Gasteiger partial charge in [-0.2, -0.15) is 0 Å². The van der Waals surface area contributed by atoms with Gasteiger partial charge in [-0.3, -0.25) is 0 Å². The molecule has 0 amide bonds. The van der Waals surface area contributed by atoms with Gasteiger partial charge in [0.15, 0.2) is 0 Å². The highest BCUT2D eigenvalue weighted by atomic mass is 15.3. The third-order valence-electron chi connectivity index (χ3n) is 1.74. The number of anilines is 1. The summed E-state index contributed by atoms with van der Waals surface area (Å²) in [6.45, 7) is 0. The smallest absolute Gasteiger partial charge is 0.0608 e. The second-order valence-electron chi connectivity index (χ2n) is 2.66. The van der Waals surface area contributed by atoms with Crippen molar-refractivity contribution >= 4 is 5.69 Å². The molecule has 0 saturated carbocycles. The van der Waals surface area contributed by atoms with Gasteiger partial charge in [0.1, 0.15) is 0 Å². The highest BCUT2D eigenvalue weighted by molar-refractivity contribution is 5.63. The summed E-state index contributed by atoms with van der Waals surface area (Å²) < 4.78 is 0. The summed E-state index contributed by atoms with van der Waals surface area (Å²) in [4.78, 5) is 0. The zero-order valence-corrected chi connectivity index (χ0v) is 6.88. The Balaban J connectivity index is 2.42. The van der Waals surface area contributed by atoms with Gasteiger partial charge in [-0.15, -0.1) is 10.2 Å². The van der Waals surface area contributed by atoms with Crippen LogP contribution in [0.15, 0.2) is 36.7 Å². The molecule has 0 aliphatic heterocycles. The number of benzene rings is 1. The Morgan fingerprint density at radius 2 is 1.46 bits per heavy atom. The van der Waals surface area contributed by atoms with Gasteiger partial charge in [0.25, 0.3) is 0 Å². The SMILES string of the molecule is Nc1ccc(-c2cnnnc2)cc1. The molecule has 0 radical (unpaired) electrons. The second-order valence-corrected chi connectivity index (χ2v) is 2.66. The van der Waals surface area contributed by atoms with Crippen molar-refractivity contribution in [3.63, 3.8) is 0 Å². The predicted molar refractivity (Wildman–Crippen MR) is 49.7 cm³/mol. The lowest BCUT2D eigenvalue weighted by Gasteiger charge is -1.98. The number of aromatic nitrogens is 3. The molecular weight excluding hydrogens is 164 g/mol. The maximum atomic E-state index is 5.56. The molecule has 1 heterocycles. The van der Waals surface area contributed by atoms with E-state index in [0.717, 1.165) is 16.8 Å². The lowest BCUT2D eigenvalue weighted by Crippen LogP contribution is -1.87. The number of hydrogen-bond acceptors (Lipinski definition) is 4. The molecule has 4 nitrogen and oxygen atoms in total. The van der Waals surface area contributed by atoms with Crippen LogP contribution in [0.1, 0.15) is 0 Å². The van der Waals surface area contributed by atoms with Gasteiger partial charge >= 0.3 is 0 Å². The molecule has 0 aliphatic rings. The largest absolute Gasteiger partial charge is 0.399 e. The first-order valence-electron chi connectivity index (χ1n) is 3.85. The summed E-state index contributed by atoms with van der Waals surface area (Å²) in [5.41, 5.74) is 8.29. The summed E-state index contributed by atoms with van der Waals surface area (Å²) >= 11 is 0. The van der Waals surface area contributed by atoms with Crippen molar-refractivity contribution in [1.82, 2.24) is 15.4 Å². The molecule has 13 heavy (non-hydrogen) atoms. The molecule has 2 N–H and O–H groups in total. The third kappa shape index (κ3) is 1.61. The van der Waals surface area contributed by atoms with E-state index in [-0.39, 0.29) is 0 Å². The van der Waals surface area contributed by atoms with Crippen LogP contribution in [0, 0.1) is 0 Å². The quantitative estimate of drug-likeness (QED) is 0.654. The van der Waals surface area contributed by atoms with Crippen molar-refractivity contribution in [2.24, 2.45) is 0 Å². The maximum Gasteiger partial charge on any atom is 0.0608 e. The highest BCUT2D eigenvalue weighted by Crippen LogP contribution is 2.17. The number of nitrogen functional groups attached to an aromatic ring is 1. The molecule has 2 rings (SSSR count). The molecular formula is C9H8N4. The Bertz CT molecular complexity index is 382. The summed E-state index contributed by atoms with van der Waals surface area (Å²) in [6, 6.07) is 7.54. The van der Waals surface area contributed by atoms with Crippen molar-refractivity contribution in [2.75, 3.05) is 5.73 Å². The number of nitrogens with zero attached hydrogens (tertiary/aromatic N) is 3. The van der Waals surface area contributed by atoms with Gasteiger partial charge in [-0.25, -0.2) is 0 Å². The van der Waals surface area contributed by atoms with Gasteiger partial charge in [-0.05, 0) is 22.9 Å². The Morgan fingerprint density at radius 3 is 2.08 bits per heavy atom. The summed E-state index contributed by atoms with van der Waals surface area (Å²) in [6.07, 6.45) is 3.33. The maximum absolute atomic E-state index is 5.56. The minimum atomic E-state index is 0.749. The van der Waals surface area contributed by atoms with E-state index in [1.54, 1.807) is 12.4 Å². The Morgan fingerprint density at radius 1 is 0.846 bits per heavy atom. The standard InChI is InChI=1S/C9H8N4/c10-9-3-1-7(2-4-9)8-5-11-13-12-6-8/h1-6H,10H2. The average molecular weight is 172 g/mol. The zero-order valence-electron chi connectivity index (χ0n) is 6.88.